The Hall–Kier alpha value is -1.28. The SMILES string of the molecule is C[C@@H](NCC(/C(N)=N/O)C(F)(F)F)c1ccc(Br)cc1. The summed E-state index contributed by atoms with van der Waals surface area (Å²) in [5.41, 5.74) is 5.92. The summed E-state index contributed by atoms with van der Waals surface area (Å²) in [6, 6.07) is 6.91. The van der Waals surface area contributed by atoms with E-state index in [1.807, 2.05) is 0 Å². The molecule has 1 aromatic rings. The van der Waals surface area contributed by atoms with Crippen LogP contribution in [0, 0.1) is 5.92 Å². The van der Waals surface area contributed by atoms with Crippen LogP contribution >= 0.6 is 15.9 Å². The second kappa shape index (κ2) is 6.94. The van der Waals surface area contributed by atoms with E-state index in [1.54, 1.807) is 31.2 Å². The molecule has 0 bridgehead atoms. The Morgan fingerprint density at radius 2 is 1.95 bits per heavy atom. The second-order valence-electron chi connectivity index (χ2n) is 4.30. The summed E-state index contributed by atoms with van der Waals surface area (Å²) in [7, 11) is 0. The molecule has 4 N–H and O–H groups in total. The number of rotatable bonds is 5. The van der Waals surface area contributed by atoms with Crippen LogP contribution in [0.3, 0.4) is 0 Å². The first-order chi connectivity index (χ1) is 9.25. The number of amidine groups is 1. The average molecular weight is 354 g/mol. The molecule has 0 aliphatic heterocycles. The number of hydrogen-bond donors (Lipinski definition) is 3. The van der Waals surface area contributed by atoms with E-state index in [-0.39, 0.29) is 6.04 Å². The van der Waals surface area contributed by atoms with Gasteiger partial charge in [-0.25, -0.2) is 0 Å². The zero-order valence-electron chi connectivity index (χ0n) is 10.7. The van der Waals surface area contributed by atoms with Crippen LogP contribution in [0.1, 0.15) is 18.5 Å². The van der Waals surface area contributed by atoms with E-state index in [1.165, 1.54) is 0 Å². The summed E-state index contributed by atoms with van der Waals surface area (Å²) in [6.45, 7) is 1.28. The minimum absolute atomic E-state index is 0.292. The summed E-state index contributed by atoms with van der Waals surface area (Å²) >= 11 is 3.28. The van der Waals surface area contributed by atoms with Crippen molar-refractivity contribution in [3.05, 3.63) is 34.3 Å². The van der Waals surface area contributed by atoms with Crippen molar-refractivity contribution in [2.75, 3.05) is 6.54 Å². The summed E-state index contributed by atoms with van der Waals surface area (Å²) in [5.74, 6) is -2.88. The summed E-state index contributed by atoms with van der Waals surface area (Å²) < 4.78 is 39.1. The van der Waals surface area contributed by atoms with Crippen LogP contribution in [0.25, 0.3) is 0 Å². The minimum atomic E-state index is -4.57. The van der Waals surface area contributed by atoms with E-state index >= 15 is 0 Å². The number of nitrogens with zero attached hydrogens (tertiary/aromatic N) is 1. The molecular weight excluding hydrogens is 339 g/mol. The molecule has 2 atom stereocenters. The molecule has 0 radical (unpaired) electrons. The highest BCUT2D eigenvalue weighted by atomic mass is 79.9. The molecule has 0 amide bonds. The van der Waals surface area contributed by atoms with Crippen molar-refractivity contribution < 1.29 is 18.4 Å². The van der Waals surface area contributed by atoms with Crippen molar-refractivity contribution in [3.8, 4) is 0 Å². The first-order valence-corrected chi connectivity index (χ1v) is 6.58. The molecule has 0 aliphatic rings. The fourth-order valence-electron chi connectivity index (χ4n) is 1.62. The lowest BCUT2D eigenvalue weighted by Gasteiger charge is -2.22. The van der Waals surface area contributed by atoms with Crippen LogP contribution < -0.4 is 11.1 Å². The predicted octanol–water partition coefficient (Wildman–Crippen LogP) is 3.02. The molecule has 0 fully saturated rings. The Balaban J connectivity index is 2.70. The quantitative estimate of drug-likeness (QED) is 0.330. The van der Waals surface area contributed by atoms with Gasteiger partial charge in [-0.15, -0.1) is 0 Å². The fourth-order valence-corrected chi connectivity index (χ4v) is 1.89. The highest BCUT2D eigenvalue weighted by Crippen LogP contribution is 2.26. The highest BCUT2D eigenvalue weighted by Gasteiger charge is 2.42. The molecule has 0 aromatic heterocycles. The fraction of sp³-hybridized carbons (Fsp3) is 0.417. The monoisotopic (exact) mass is 353 g/mol. The van der Waals surface area contributed by atoms with Gasteiger partial charge in [-0.2, -0.15) is 13.2 Å². The second-order valence-corrected chi connectivity index (χ2v) is 5.22. The smallest absolute Gasteiger partial charge is 0.400 e. The lowest BCUT2D eigenvalue weighted by molar-refractivity contribution is -0.155. The Labute approximate surface area is 123 Å². The third kappa shape index (κ3) is 4.68. The molecular formula is C12H15BrF3N3O. The predicted molar refractivity (Wildman–Crippen MR) is 73.5 cm³/mol. The largest absolute Gasteiger partial charge is 0.409 e. The highest BCUT2D eigenvalue weighted by molar-refractivity contribution is 9.10. The van der Waals surface area contributed by atoms with Gasteiger partial charge in [0.05, 0.1) is 0 Å². The zero-order chi connectivity index (χ0) is 15.3. The van der Waals surface area contributed by atoms with Gasteiger partial charge in [0.15, 0.2) is 5.84 Å². The number of oxime groups is 1. The first kappa shape index (κ1) is 16.8. The Bertz CT molecular complexity index is 462. The molecule has 0 saturated heterocycles. The molecule has 112 valence electrons. The summed E-state index contributed by atoms with van der Waals surface area (Å²) in [4.78, 5) is 0. The molecule has 1 rings (SSSR count). The number of hydrogen-bond acceptors (Lipinski definition) is 3. The van der Waals surface area contributed by atoms with Crippen LogP contribution in [0.4, 0.5) is 13.2 Å². The van der Waals surface area contributed by atoms with Gasteiger partial charge in [-0.05, 0) is 24.6 Å². The third-order valence-electron chi connectivity index (χ3n) is 2.87. The van der Waals surface area contributed by atoms with E-state index in [0.717, 1.165) is 10.0 Å². The normalized spacial score (nSPS) is 15.9. The van der Waals surface area contributed by atoms with Gasteiger partial charge in [-0.3, -0.25) is 0 Å². The van der Waals surface area contributed by atoms with E-state index < -0.39 is 24.5 Å². The van der Waals surface area contributed by atoms with Gasteiger partial charge in [0.1, 0.15) is 5.92 Å². The van der Waals surface area contributed by atoms with Gasteiger partial charge >= 0.3 is 6.18 Å². The van der Waals surface area contributed by atoms with E-state index in [0.29, 0.717) is 0 Å². The first-order valence-electron chi connectivity index (χ1n) is 5.78. The van der Waals surface area contributed by atoms with Gasteiger partial charge in [0.25, 0.3) is 0 Å². The Kier molecular flexibility index (Phi) is 5.82. The van der Waals surface area contributed by atoms with Crippen molar-refractivity contribution >= 4 is 21.8 Å². The molecule has 8 heteroatoms. The zero-order valence-corrected chi connectivity index (χ0v) is 12.2. The van der Waals surface area contributed by atoms with Crippen molar-refractivity contribution in [1.29, 1.82) is 0 Å². The maximum atomic E-state index is 12.7. The Morgan fingerprint density at radius 3 is 2.40 bits per heavy atom. The van der Waals surface area contributed by atoms with Crippen molar-refractivity contribution in [1.82, 2.24) is 5.32 Å². The summed E-state index contributed by atoms with van der Waals surface area (Å²) in [5, 5.41) is 13.6. The molecule has 0 aliphatic carbocycles. The van der Waals surface area contributed by atoms with Gasteiger partial charge in [0, 0.05) is 17.1 Å². The number of halogens is 4. The molecule has 0 saturated carbocycles. The molecule has 4 nitrogen and oxygen atoms in total. The lowest BCUT2D eigenvalue weighted by atomic mass is 10.1. The molecule has 1 aromatic carbocycles. The minimum Gasteiger partial charge on any atom is -0.409 e. The maximum Gasteiger partial charge on any atom is 0.400 e. The van der Waals surface area contributed by atoms with E-state index in [9.17, 15) is 13.2 Å². The molecule has 0 heterocycles. The van der Waals surface area contributed by atoms with E-state index in [4.69, 9.17) is 10.9 Å². The van der Waals surface area contributed by atoms with Crippen molar-refractivity contribution in [3.63, 3.8) is 0 Å². The standard InChI is InChI=1S/C12H15BrF3N3O/c1-7(8-2-4-9(13)5-3-8)18-6-10(11(17)19-20)12(14,15)16/h2-5,7,10,18,20H,6H2,1H3,(H2,17,19)/t7-,10?/m1/s1. The van der Waals surface area contributed by atoms with Gasteiger partial charge < -0.3 is 16.3 Å². The topological polar surface area (TPSA) is 70.6 Å². The van der Waals surface area contributed by atoms with E-state index in [2.05, 4.69) is 26.4 Å². The number of nitrogens with one attached hydrogen (secondary N) is 1. The molecule has 20 heavy (non-hydrogen) atoms. The average Bonchev–Trinajstić information content (AvgIpc) is 2.37. The van der Waals surface area contributed by atoms with Crippen LogP contribution in [-0.4, -0.2) is 23.8 Å². The van der Waals surface area contributed by atoms with Crippen LogP contribution in [0.2, 0.25) is 0 Å². The van der Waals surface area contributed by atoms with Gasteiger partial charge in [-0.1, -0.05) is 33.2 Å². The maximum absolute atomic E-state index is 12.7. The van der Waals surface area contributed by atoms with Crippen molar-refractivity contribution in [2.45, 2.75) is 19.1 Å². The van der Waals surface area contributed by atoms with Crippen molar-refractivity contribution in [2.24, 2.45) is 16.8 Å². The number of benzene rings is 1. The number of nitrogens with two attached hydrogens (primary N) is 1. The summed E-state index contributed by atoms with van der Waals surface area (Å²) in [6.07, 6.45) is -4.57. The van der Waals surface area contributed by atoms with Crippen LogP contribution in [0.15, 0.2) is 33.9 Å². The van der Waals surface area contributed by atoms with Gasteiger partial charge in [0.2, 0.25) is 0 Å². The van der Waals surface area contributed by atoms with Crippen LogP contribution in [-0.2, 0) is 0 Å². The molecule has 0 spiro atoms. The number of alkyl halides is 3. The van der Waals surface area contributed by atoms with Crippen LogP contribution in [0.5, 0.6) is 0 Å². The third-order valence-corrected chi connectivity index (χ3v) is 3.39. The Morgan fingerprint density at radius 1 is 1.40 bits per heavy atom. The molecule has 1 unspecified atom stereocenters. The lowest BCUT2D eigenvalue weighted by Crippen LogP contribution is -2.43.